The number of amides is 1. The highest BCUT2D eigenvalue weighted by atomic mass is 16.7. The number of phenols is 1. The van der Waals surface area contributed by atoms with E-state index in [1.54, 1.807) is 18.1 Å². The second kappa shape index (κ2) is 17.2. The fraction of sp³-hybridized carbons (Fsp3) is 0.690. The molecule has 10 heteroatoms. The molecule has 1 aliphatic heterocycles. The molecule has 6 rings (SSSR count). The lowest BCUT2D eigenvalue weighted by Crippen LogP contribution is -2.62. The Morgan fingerprint density at radius 1 is 1.10 bits per heavy atom. The van der Waals surface area contributed by atoms with Crippen LogP contribution in [0, 0.1) is 35.0 Å². The molecule has 2 aromatic carbocycles. The first kappa shape index (κ1) is 40.5. The van der Waals surface area contributed by atoms with E-state index in [0.717, 1.165) is 36.1 Å². The monoisotopic (exact) mass is 722 g/mol. The van der Waals surface area contributed by atoms with Crippen LogP contribution in [-0.2, 0) is 29.3 Å². The molecule has 0 radical (unpaired) electrons. The van der Waals surface area contributed by atoms with Gasteiger partial charge in [0.25, 0.3) is 0 Å². The van der Waals surface area contributed by atoms with Gasteiger partial charge < -0.3 is 30.3 Å². The number of hydrogen-bond acceptors (Lipinski definition) is 9. The van der Waals surface area contributed by atoms with Crippen LogP contribution in [0.5, 0.6) is 11.5 Å². The lowest BCUT2D eigenvalue weighted by atomic mass is 9.45. The van der Waals surface area contributed by atoms with Gasteiger partial charge in [-0.1, -0.05) is 71.0 Å². The van der Waals surface area contributed by atoms with Gasteiger partial charge in [-0.25, -0.2) is 0 Å². The highest BCUT2D eigenvalue weighted by molar-refractivity contribution is 5.82. The van der Waals surface area contributed by atoms with E-state index in [9.17, 15) is 20.1 Å². The van der Waals surface area contributed by atoms with Crippen LogP contribution in [0.2, 0.25) is 0 Å². The van der Waals surface area contributed by atoms with Crippen LogP contribution < -0.4 is 10.1 Å². The number of aliphatic hydroxyl groups is 2. The maximum absolute atomic E-state index is 14.2. The van der Waals surface area contributed by atoms with Gasteiger partial charge in [0.1, 0.15) is 12.1 Å². The number of carbonyl (C=O) groups excluding carboxylic acids is 1. The summed E-state index contributed by atoms with van der Waals surface area (Å²) in [6.45, 7) is 17.6. The Balaban J connectivity index is 1.38. The van der Waals surface area contributed by atoms with Gasteiger partial charge in [-0.3, -0.25) is 14.5 Å². The summed E-state index contributed by atoms with van der Waals surface area (Å²) in [7, 11) is 4.20. The van der Waals surface area contributed by atoms with Crippen molar-refractivity contribution in [2.45, 2.75) is 118 Å². The summed E-state index contributed by atoms with van der Waals surface area (Å²) in [4.78, 5) is 25.1. The molecule has 9 atom stereocenters. The molecule has 1 heterocycles. The number of carbonyl (C=O) groups is 1. The van der Waals surface area contributed by atoms with E-state index in [-0.39, 0.29) is 30.3 Å². The van der Waals surface area contributed by atoms with Gasteiger partial charge in [0, 0.05) is 43.2 Å². The first-order valence-electron chi connectivity index (χ1n) is 19.6. The molecule has 2 unspecified atom stereocenters. The molecule has 2 aromatic rings. The summed E-state index contributed by atoms with van der Waals surface area (Å²) in [6.07, 6.45) is 1.65. The lowest BCUT2D eigenvalue weighted by Gasteiger charge is -2.62. The van der Waals surface area contributed by atoms with Crippen molar-refractivity contribution >= 4 is 5.91 Å². The predicted octanol–water partition coefficient (Wildman–Crippen LogP) is 5.43. The fourth-order valence-corrected chi connectivity index (χ4v) is 9.53. The van der Waals surface area contributed by atoms with Crippen molar-refractivity contribution in [1.29, 1.82) is 0 Å². The van der Waals surface area contributed by atoms with Gasteiger partial charge in [-0.15, -0.1) is 0 Å². The normalized spacial score (nSPS) is 28.2. The highest BCUT2D eigenvalue weighted by Gasteiger charge is 2.57. The Morgan fingerprint density at radius 3 is 2.42 bits per heavy atom. The second-order valence-corrected chi connectivity index (χ2v) is 17.2. The third kappa shape index (κ3) is 8.96. The molecule has 0 aromatic heterocycles. The fourth-order valence-electron chi connectivity index (χ4n) is 9.53. The molecule has 1 amide bonds. The summed E-state index contributed by atoms with van der Waals surface area (Å²) in [5, 5.41) is 37.4. The van der Waals surface area contributed by atoms with Crippen LogP contribution in [0.3, 0.4) is 0 Å². The molecule has 290 valence electrons. The van der Waals surface area contributed by atoms with Crippen LogP contribution in [0.15, 0.2) is 42.5 Å². The molecular weight excluding hydrogens is 656 g/mol. The zero-order valence-corrected chi connectivity index (χ0v) is 33.1. The van der Waals surface area contributed by atoms with Crippen molar-refractivity contribution < 1.29 is 29.7 Å². The number of benzene rings is 2. The third-order valence-electron chi connectivity index (χ3n) is 12.4. The average Bonchev–Trinajstić information content (AvgIpc) is 3.45. The predicted molar refractivity (Wildman–Crippen MR) is 204 cm³/mol. The number of aliphatic hydroxyl groups excluding tert-OH is 2. The standard InChI is InChI=1S/C42H66N4O6/c1-10-51-36-16-12-15-31(40(36)49)23-45(33(17-26(2)3)24-44(8)9)21-29-13-11-14-30(18-29)22-46-39(38(28(5)48)37(25-47)52-46)41(50)43-35-20-32-19-34(27(35)4)42(32,6)7/h11-16,18,26-28,32-35,37-39,47-49H,10,17,19-25H2,1-9H3,(H,43,50)/t27-,28-,32+,33-,34-,35-,37?,38+,39?/m0/s1. The molecular formula is C42H66N4O6. The van der Waals surface area contributed by atoms with E-state index in [0.29, 0.717) is 61.1 Å². The molecule has 10 nitrogen and oxygen atoms in total. The molecule has 2 bridgehead atoms. The van der Waals surface area contributed by atoms with Crippen LogP contribution in [0.25, 0.3) is 0 Å². The van der Waals surface area contributed by atoms with E-state index in [4.69, 9.17) is 9.57 Å². The highest BCUT2D eigenvalue weighted by Crippen LogP contribution is 2.61. The number of nitrogens with zero attached hydrogens (tertiary/aromatic N) is 3. The van der Waals surface area contributed by atoms with E-state index < -0.39 is 24.2 Å². The Labute approximate surface area is 312 Å². The Hall–Kier alpha value is -2.73. The van der Waals surface area contributed by atoms with Crippen molar-refractivity contribution in [3.05, 3.63) is 59.2 Å². The quantitative estimate of drug-likeness (QED) is 0.170. The molecule has 4 aliphatic rings. The molecule has 1 saturated heterocycles. The van der Waals surface area contributed by atoms with Crippen molar-refractivity contribution in [2.24, 2.45) is 35.0 Å². The zero-order chi connectivity index (χ0) is 37.9. The summed E-state index contributed by atoms with van der Waals surface area (Å²) in [6, 6.07) is 13.6. The Kier molecular flexibility index (Phi) is 13.4. The van der Waals surface area contributed by atoms with Gasteiger partial charge in [0.15, 0.2) is 11.5 Å². The maximum atomic E-state index is 14.2. The Bertz CT molecular complexity index is 1470. The number of rotatable bonds is 17. The number of hydrogen-bond donors (Lipinski definition) is 4. The molecule has 3 aliphatic carbocycles. The minimum Gasteiger partial charge on any atom is -0.504 e. The summed E-state index contributed by atoms with van der Waals surface area (Å²) >= 11 is 0. The lowest BCUT2D eigenvalue weighted by molar-refractivity contribution is -0.183. The number of phenolic OH excluding ortho intramolecular Hbond substituents is 1. The van der Waals surface area contributed by atoms with Gasteiger partial charge in [0.2, 0.25) is 5.91 Å². The topological polar surface area (TPSA) is 118 Å². The SMILES string of the molecule is CCOc1cccc(CN(Cc2cccc(CN3OC(CO)[C@@H]([C@H](C)O)C3C(=O)N[C@H]3C[C@H]4C[C@@H]([C@@H]3C)C4(C)C)c2)[C@@H](CC(C)C)CN(C)C)c1O. The van der Waals surface area contributed by atoms with Gasteiger partial charge in [-0.2, -0.15) is 5.06 Å². The molecule has 4 fully saturated rings. The minimum absolute atomic E-state index is 0.0814. The van der Waals surface area contributed by atoms with E-state index in [1.165, 1.54) is 6.42 Å². The number of ether oxygens (including phenoxy) is 1. The largest absolute Gasteiger partial charge is 0.504 e. The number of hydroxylamine groups is 2. The van der Waals surface area contributed by atoms with Crippen molar-refractivity contribution in [1.82, 2.24) is 20.2 Å². The molecule has 4 N–H and O–H groups in total. The number of likely N-dealkylation sites (N-methyl/N-ethyl adjacent to an activating group) is 1. The number of aromatic hydroxyl groups is 1. The van der Waals surface area contributed by atoms with E-state index in [2.05, 4.69) is 76.0 Å². The maximum Gasteiger partial charge on any atom is 0.240 e. The molecule has 3 saturated carbocycles. The summed E-state index contributed by atoms with van der Waals surface area (Å²) in [5.74, 6) is 2.00. The average molecular weight is 723 g/mol. The van der Waals surface area contributed by atoms with Gasteiger partial charge >= 0.3 is 0 Å². The molecule has 0 spiro atoms. The van der Waals surface area contributed by atoms with Crippen LogP contribution >= 0.6 is 0 Å². The minimum atomic E-state index is -0.846. The summed E-state index contributed by atoms with van der Waals surface area (Å²) in [5.41, 5.74) is 3.21. The van der Waals surface area contributed by atoms with Gasteiger partial charge in [0.05, 0.1) is 25.9 Å². The van der Waals surface area contributed by atoms with Crippen LogP contribution in [-0.4, -0.2) is 100 Å². The van der Waals surface area contributed by atoms with Crippen molar-refractivity contribution in [2.75, 3.05) is 33.9 Å². The number of fused-ring (bicyclic) bond motifs is 2. The first-order valence-corrected chi connectivity index (χ1v) is 19.6. The first-order chi connectivity index (χ1) is 24.6. The second-order valence-electron chi connectivity index (χ2n) is 17.2. The van der Waals surface area contributed by atoms with Gasteiger partial charge in [-0.05, 0) is 93.5 Å². The van der Waals surface area contributed by atoms with Crippen molar-refractivity contribution in [3.63, 3.8) is 0 Å². The van der Waals surface area contributed by atoms with Crippen LogP contribution in [0.1, 0.15) is 84.4 Å². The smallest absolute Gasteiger partial charge is 0.240 e. The van der Waals surface area contributed by atoms with E-state index >= 15 is 0 Å². The van der Waals surface area contributed by atoms with Crippen molar-refractivity contribution in [3.8, 4) is 11.5 Å². The third-order valence-corrected chi connectivity index (χ3v) is 12.4. The number of nitrogens with one attached hydrogen (secondary N) is 1. The Morgan fingerprint density at radius 2 is 1.81 bits per heavy atom. The molecule has 52 heavy (non-hydrogen) atoms. The summed E-state index contributed by atoms with van der Waals surface area (Å²) < 4.78 is 5.72. The van der Waals surface area contributed by atoms with Crippen LogP contribution in [0.4, 0.5) is 0 Å². The zero-order valence-electron chi connectivity index (χ0n) is 33.1. The number of para-hydroxylation sites is 1. The van der Waals surface area contributed by atoms with E-state index in [1.807, 2.05) is 31.2 Å².